The van der Waals surface area contributed by atoms with Crippen molar-refractivity contribution in [1.29, 1.82) is 0 Å². The number of aromatic nitrogens is 1. The van der Waals surface area contributed by atoms with Gasteiger partial charge in [0.05, 0.1) is 18.8 Å². The highest BCUT2D eigenvalue weighted by atomic mass is 19.1. The van der Waals surface area contributed by atoms with Crippen LogP contribution in [-0.4, -0.2) is 35.5 Å². The van der Waals surface area contributed by atoms with Gasteiger partial charge in [-0.15, -0.1) is 0 Å². The van der Waals surface area contributed by atoms with Crippen LogP contribution in [0.1, 0.15) is 59.6 Å². The fourth-order valence-corrected chi connectivity index (χ4v) is 4.77. The predicted molar refractivity (Wildman–Crippen MR) is 113 cm³/mol. The maximum absolute atomic E-state index is 13.9. The van der Waals surface area contributed by atoms with Crippen LogP contribution in [0.25, 0.3) is 0 Å². The molecule has 2 amide bonds. The van der Waals surface area contributed by atoms with Gasteiger partial charge in [-0.25, -0.2) is 13.8 Å². The highest BCUT2D eigenvalue weighted by molar-refractivity contribution is 5.94. The molecule has 32 heavy (non-hydrogen) atoms. The van der Waals surface area contributed by atoms with Crippen molar-refractivity contribution in [3.05, 3.63) is 65.0 Å². The second-order valence-electron chi connectivity index (χ2n) is 8.59. The SMILES string of the molecule is CNC(=O)c1cc(F)cc(CC2CCC(C(=O)N3OCCC3c3cncc(F)c3)CC2)c1. The first-order valence-corrected chi connectivity index (χ1v) is 11.0. The van der Waals surface area contributed by atoms with E-state index in [9.17, 15) is 18.4 Å². The first kappa shape index (κ1) is 22.3. The van der Waals surface area contributed by atoms with E-state index in [1.54, 1.807) is 12.3 Å². The van der Waals surface area contributed by atoms with Crippen molar-refractivity contribution in [3.8, 4) is 0 Å². The smallest absolute Gasteiger partial charge is 0.251 e. The summed E-state index contributed by atoms with van der Waals surface area (Å²) in [6.07, 6.45) is 7.10. The Hall–Kier alpha value is -2.87. The maximum Gasteiger partial charge on any atom is 0.251 e. The molecule has 2 aliphatic rings. The van der Waals surface area contributed by atoms with Crippen LogP contribution in [0.4, 0.5) is 8.78 Å². The van der Waals surface area contributed by atoms with Gasteiger partial charge < -0.3 is 5.32 Å². The molecular formula is C24H27F2N3O3. The number of nitrogens with one attached hydrogen (secondary N) is 1. The van der Waals surface area contributed by atoms with Crippen LogP contribution in [0.15, 0.2) is 36.7 Å². The van der Waals surface area contributed by atoms with Gasteiger partial charge in [0.15, 0.2) is 0 Å². The molecule has 1 aliphatic heterocycles. The molecule has 1 aromatic carbocycles. The molecule has 0 bridgehead atoms. The summed E-state index contributed by atoms with van der Waals surface area (Å²) in [6, 6.07) is 5.52. The number of carbonyl (C=O) groups excluding carboxylic acids is 2. The number of hydrogen-bond donors (Lipinski definition) is 1. The summed E-state index contributed by atoms with van der Waals surface area (Å²) in [7, 11) is 1.52. The largest absolute Gasteiger partial charge is 0.355 e. The van der Waals surface area contributed by atoms with Crippen LogP contribution in [-0.2, 0) is 16.1 Å². The van der Waals surface area contributed by atoms with Gasteiger partial charge in [0.1, 0.15) is 11.6 Å². The lowest BCUT2D eigenvalue weighted by Gasteiger charge is -2.32. The summed E-state index contributed by atoms with van der Waals surface area (Å²) in [4.78, 5) is 34.5. The molecule has 0 radical (unpaired) electrons. The maximum atomic E-state index is 13.9. The van der Waals surface area contributed by atoms with E-state index in [2.05, 4.69) is 10.3 Å². The van der Waals surface area contributed by atoms with Crippen LogP contribution in [0.3, 0.4) is 0 Å². The second kappa shape index (κ2) is 9.73. The van der Waals surface area contributed by atoms with Gasteiger partial charge in [0.2, 0.25) is 5.91 Å². The zero-order valence-corrected chi connectivity index (χ0v) is 18.0. The van der Waals surface area contributed by atoms with Crippen molar-refractivity contribution < 1.29 is 23.2 Å². The van der Waals surface area contributed by atoms with Crippen molar-refractivity contribution >= 4 is 11.8 Å². The second-order valence-corrected chi connectivity index (χ2v) is 8.59. The van der Waals surface area contributed by atoms with Gasteiger partial charge in [-0.05, 0) is 73.4 Å². The molecule has 2 fully saturated rings. The van der Waals surface area contributed by atoms with Gasteiger partial charge in [0.25, 0.3) is 5.91 Å². The molecule has 6 nitrogen and oxygen atoms in total. The summed E-state index contributed by atoms with van der Waals surface area (Å²) in [6.45, 7) is 0.412. The van der Waals surface area contributed by atoms with E-state index in [4.69, 9.17) is 4.84 Å². The number of nitrogens with zero attached hydrogens (tertiary/aromatic N) is 2. The average Bonchev–Trinajstić information content (AvgIpc) is 3.28. The molecule has 1 saturated carbocycles. The van der Waals surface area contributed by atoms with E-state index in [0.717, 1.165) is 37.4 Å². The number of benzene rings is 1. The molecule has 2 heterocycles. The van der Waals surface area contributed by atoms with Crippen LogP contribution in [0.2, 0.25) is 0 Å². The first-order chi connectivity index (χ1) is 15.4. The summed E-state index contributed by atoms with van der Waals surface area (Å²) >= 11 is 0. The number of rotatable bonds is 5. The van der Waals surface area contributed by atoms with Gasteiger partial charge in [-0.1, -0.05) is 0 Å². The number of amides is 2. The Morgan fingerprint density at radius 1 is 1.06 bits per heavy atom. The molecule has 1 unspecified atom stereocenters. The van der Waals surface area contributed by atoms with Crippen LogP contribution in [0.5, 0.6) is 0 Å². The third-order valence-electron chi connectivity index (χ3n) is 6.40. The fourth-order valence-electron chi connectivity index (χ4n) is 4.77. The van der Waals surface area contributed by atoms with E-state index in [-0.39, 0.29) is 23.8 Å². The zero-order valence-electron chi connectivity index (χ0n) is 18.0. The van der Waals surface area contributed by atoms with E-state index in [0.29, 0.717) is 36.5 Å². The van der Waals surface area contributed by atoms with Gasteiger partial charge in [0, 0.05) is 31.1 Å². The summed E-state index contributed by atoms with van der Waals surface area (Å²) in [5.74, 6) is -1.06. The molecule has 170 valence electrons. The van der Waals surface area contributed by atoms with Crippen molar-refractivity contribution in [1.82, 2.24) is 15.4 Å². The molecule has 1 N–H and O–H groups in total. The molecular weight excluding hydrogens is 416 g/mol. The minimum atomic E-state index is -0.431. The molecule has 1 aromatic heterocycles. The van der Waals surface area contributed by atoms with E-state index >= 15 is 0 Å². The predicted octanol–water partition coefficient (Wildman–Crippen LogP) is 3.97. The molecule has 8 heteroatoms. The highest BCUT2D eigenvalue weighted by Crippen LogP contribution is 2.37. The minimum Gasteiger partial charge on any atom is -0.355 e. The summed E-state index contributed by atoms with van der Waals surface area (Å²) in [5, 5.41) is 3.92. The monoisotopic (exact) mass is 443 g/mol. The van der Waals surface area contributed by atoms with Crippen LogP contribution < -0.4 is 5.32 Å². The molecule has 2 aromatic rings. The number of carbonyl (C=O) groups is 2. The minimum absolute atomic E-state index is 0.0668. The Kier molecular flexibility index (Phi) is 6.79. The lowest BCUT2D eigenvalue weighted by molar-refractivity contribution is -0.183. The summed E-state index contributed by atoms with van der Waals surface area (Å²) in [5.41, 5.74) is 1.75. The van der Waals surface area contributed by atoms with Gasteiger partial charge >= 0.3 is 0 Å². The molecule has 4 rings (SSSR count). The van der Waals surface area contributed by atoms with Gasteiger partial charge in [-0.3, -0.25) is 19.4 Å². The standard InChI is InChI=1S/C24H27F2N3O3/c1-27-23(30)18-9-16(10-20(25)11-18)8-15-2-4-17(5-3-15)24(31)29-22(6-7-32-29)19-12-21(26)14-28-13-19/h9-15,17,22H,2-8H2,1H3,(H,27,30). The number of hydroxylamine groups is 2. The number of hydrogen-bond acceptors (Lipinski definition) is 4. The quantitative estimate of drug-likeness (QED) is 0.759. The Balaban J connectivity index is 1.36. The normalized spacial score (nSPS) is 23.2. The fraction of sp³-hybridized carbons (Fsp3) is 0.458. The third-order valence-corrected chi connectivity index (χ3v) is 6.40. The zero-order chi connectivity index (χ0) is 22.7. The van der Waals surface area contributed by atoms with E-state index in [1.165, 1.54) is 30.3 Å². The van der Waals surface area contributed by atoms with Crippen molar-refractivity contribution in [2.24, 2.45) is 11.8 Å². The molecule has 1 saturated heterocycles. The van der Waals surface area contributed by atoms with Crippen LogP contribution in [0, 0.1) is 23.5 Å². The lowest BCUT2D eigenvalue weighted by Crippen LogP contribution is -2.36. The molecule has 1 aliphatic carbocycles. The van der Waals surface area contributed by atoms with Crippen LogP contribution >= 0.6 is 0 Å². The Labute approximate surface area is 185 Å². The van der Waals surface area contributed by atoms with Gasteiger partial charge in [-0.2, -0.15) is 0 Å². The molecule has 0 spiro atoms. The molecule has 1 atom stereocenters. The first-order valence-electron chi connectivity index (χ1n) is 11.0. The summed E-state index contributed by atoms with van der Waals surface area (Å²) < 4.78 is 27.5. The Morgan fingerprint density at radius 3 is 2.56 bits per heavy atom. The van der Waals surface area contributed by atoms with E-state index < -0.39 is 11.6 Å². The number of halogens is 2. The van der Waals surface area contributed by atoms with Crippen molar-refractivity contribution in [2.75, 3.05) is 13.7 Å². The van der Waals surface area contributed by atoms with E-state index in [1.807, 2.05) is 0 Å². The van der Waals surface area contributed by atoms with Crippen molar-refractivity contribution in [3.63, 3.8) is 0 Å². The highest BCUT2D eigenvalue weighted by Gasteiger charge is 2.37. The number of pyridine rings is 1. The Bertz CT molecular complexity index is 992. The topological polar surface area (TPSA) is 71.5 Å². The third kappa shape index (κ3) is 4.96. The lowest BCUT2D eigenvalue weighted by atomic mass is 9.78. The Morgan fingerprint density at radius 2 is 1.84 bits per heavy atom. The van der Waals surface area contributed by atoms with Crippen molar-refractivity contribution in [2.45, 2.75) is 44.6 Å². The average molecular weight is 443 g/mol.